The first-order chi connectivity index (χ1) is 10.3. The quantitative estimate of drug-likeness (QED) is 0.718. The summed E-state index contributed by atoms with van der Waals surface area (Å²) in [5, 5.41) is 5.33. The van der Waals surface area contributed by atoms with Crippen molar-refractivity contribution in [2.45, 2.75) is 18.8 Å². The summed E-state index contributed by atoms with van der Waals surface area (Å²) in [5.41, 5.74) is 10.2. The largest absolute Gasteiger partial charge is 0.368 e. The van der Waals surface area contributed by atoms with Gasteiger partial charge in [0.15, 0.2) is 0 Å². The van der Waals surface area contributed by atoms with E-state index < -0.39 is 0 Å². The van der Waals surface area contributed by atoms with Crippen LogP contribution in [0.2, 0.25) is 0 Å². The summed E-state index contributed by atoms with van der Waals surface area (Å²) in [6.45, 7) is 2.36. The van der Waals surface area contributed by atoms with Crippen LogP contribution in [0.3, 0.4) is 0 Å². The Bertz CT molecular complexity index is 839. The van der Waals surface area contributed by atoms with E-state index in [9.17, 15) is 0 Å². The molecule has 3 aromatic rings. The van der Waals surface area contributed by atoms with Crippen LogP contribution in [-0.4, -0.2) is 23.2 Å². The van der Waals surface area contributed by atoms with Crippen molar-refractivity contribution in [1.82, 2.24) is 10.1 Å². The molecule has 0 unspecified atom stereocenters. The highest BCUT2D eigenvalue weighted by Crippen LogP contribution is 2.46. The molecule has 1 fully saturated rings. The van der Waals surface area contributed by atoms with Gasteiger partial charge in [0.2, 0.25) is 5.88 Å². The Labute approximate surface area is 121 Å². The van der Waals surface area contributed by atoms with Gasteiger partial charge >= 0.3 is 0 Å². The average Bonchev–Trinajstić information content (AvgIpc) is 3.12. The number of nitrogens with two attached hydrogens (primary N) is 1. The number of H-pyrrole nitrogens is 1. The normalized spacial score (nSPS) is 17.6. The molecule has 2 aromatic heterocycles. The second kappa shape index (κ2) is 3.81. The Morgan fingerprint density at radius 2 is 2.10 bits per heavy atom. The number of nitrogen functional groups attached to an aromatic ring is 1. The molecule has 106 valence electrons. The molecular weight excluding hydrogens is 264 g/mol. The zero-order valence-electron chi connectivity index (χ0n) is 11.6. The minimum atomic E-state index is 0.353. The predicted molar refractivity (Wildman–Crippen MR) is 82.4 cm³/mol. The number of fused-ring (bicyclic) bond motifs is 3. The monoisotopic (exact) mass is 280 g/mol. The lowest BCUT2D eigenvalue weighted by molar-refractivity contribution is 0.439. The number of benzene rings is 1. The molecule has 3 N–H and O–H groups in total. The van der Waals surface area contributed by atoms with Gasteiger partial charge in [-0.05, 0) is 30.9 Å². The number of hydrogen-bond donors (Lipinski definition) is 2. The number of nitrogens with zero attached hydrogens (tertiary/aromatic N) is 2. The first kappa shape index (κ1) is 11.3. The molecule has 21 heavy (non-hydrogen) atoms. The zero-order valence-corrected chi connectivity index (χ0v) is 11.6. The molecule has 2 bridgehead atoms. The predicted octanol–water partition coefficient (Wildman–Crippen LogP) is 3.10. The van der Waals surface area contributed by atoms with Crippen LogP contribution in [0.4, 0.5) is 11.7 Å². The van der Waals surface area contributed by atoms with Crippen molar-refractivity contribution in [3.05, 3.63) is 29.8 Å². The highest BCUT2D eigenvalue weighted by atomic mass is 16.5. The molecule has 0 radical (unpaired) electrons. The minimum Gasteiger partial charge on any atom is -0.368 e. The third kappa shape index (κ3) is 1.48. The standard InChI is InChI=1S/C16H16N4O/c17-14-8-13(19-21-14)10-1-2-12-11(7-10)15-9-3-5-20(6-4-9)16(15)18-12/h1-2,7-9,18H,3-6,17H2. The lowest BCUT2D eigenvalue weighted by Crippen LogP contribution is -2.38. The van der Waals surface area contributed by atoms with Crippen LogP contribution in [0.5, 0.6) is 0 Å². The van der Waals surface area contributed by atoms with Gasteiger partial charge in [0.05, 0.1) is 0 Å². The van der Waals surface area contributed by atoms with Gasteiger partial charge in [0.1, 0.15) is 11.5 Å². The van der Waals surface area contributed by atoms with Crippen molar-refractivity contribution in [1.29, 1.82) is 0 Å². The summed E-state index contributed by atoms with van der Waals surface area (Å²) < 4.78 is 4.99. The minimum absolute atomic E-state index is 0.353. The highest BCUT2D eigenvalue weighted by Gasteiger charge is 2.33. The molecule has 5 heterocycles. The fourth-order valence-corrected chi connectivity index (χ4v) is 3.84. The SMILES string of the molecule is Nc1cc(-c2ccc3[nH]c4c(c3c2)C2CCN4CC2)no1. The smallest absolute Gasteiger partial charge is 0.222 e. The number of anilines is 2. The molecule has 1 saturated heterocycles. The van der Waals surface area contributed by atoms with Gasteiger partial charge < -0.3 is 20.1 Å². The second-order valence-electron chi connectivity index (χ2n) is 6.02. The van der Waals surface area contributed by atoms with Crippen molar-refractivity contribution in [2.75, 3.05) is 23.7 Å². The van der Waals surface area contributed by atoms with Gasteiger partial charge in [-0.1, -0.05) is 11.2 Å². The van der Waals surface area contributed by atoms with E-state index in [4.69, 9.17) is 10.3 Å². The Balaban J connectivity index is 1.74. The van der Waals surface area contributed by atoms with Gasteiger partial charge in [0.25, 0.3) is 0 Å². The fraction of sp³-hybridized carbons (Fsp3) is 0.312. The topological polar surface area (TPSA) is 71.1 Å². The number of hydrogen-bond acceptors (Lipinski definition) is 4. The number of piperidine rings is 1. The third-order valence-electron chi connectivity index (χ3n) is 4.86. The Morgan fingerprint density at radius 1 is 1.24 bits per heavy atom. The maximum absolute atomic E-state index is 5.63. The molecule has 0 atom stereocenters. The second-order valence-corrected chi connectivity index (χ2v) is 6.02. The summed E-state index contributed by atoms with van der Waals surface area (Å²) in [4.78, 5) is 6.06. The van der Waals surface area contributed by atoms with Crippen LogP contribution in [0.15, 0.2) is 28.8 Å². The molecule has 3 aliphatic heterocycles. The van der Waals surface area contributed by atoms with Crippen LogP contribution in [-0.2, 0) is 0 Å². The van der Waals surface area contributed by atoms with Gasteiger partial charge in [-0.15, -0.1) is 0 Å². The van der Waals surface area contributed by atoms with Gasteiger partial charge in [-0.25, -0.2) is 0 Å². The van der Waals surface area contributed by atoms with Gasteiger partial charge in [-0.2, -0.15) is 0 Å². The number of aromatic amines is 1. The van der Waals surface area contributed by atoms with E-state index >= 15 is 0 Å². The summed E-state index contributed by atoms with van der Waals surface area (Å²) in [6, 6.07) is 8.19. The van der Waals surface area contributed by atoms with E-state index in [1.165, 1.54) is 48.2 Å². The molecule has 0 aliphatic carbocycles. The van der Waals surface area contributed by atoms with Crippen molar-refractivity contribution in [3.63, 3.8) is 0 Å². The lowest BCUT2D eigenvalue weighted by atomic mass is 9.84. The molecule has 5 heteroatoms. The summed E-state index contributed by atoms with van der Waals surface area (Å²) in [5.74, 6) is 2.37. The average molecular weight is 280 g/mol. The first-order valence-corrected chi connectivity index (χ1v) is 7.43. The number of rotatable bonds is 1. The molecular formula is C16H16N4O. The van der Waals surface area contributed by atoms with Crippen LogP contribution in [0.25, 0.3) is 22.2 Å². The van der Waals surface area contributed by atoms with E-state index in [2.05, 4.69) is 33.2 Å². The van der Waals surface area contributed by atoms with Crippen LogP contribution in [0, 0.1) is 0 Å². The molecule has 0 amide bonds. The molecule has 1 aromatic carbocycles. The van der Waals surface area contributed by atoms with E-state index in [1.54, 1.807) is 6.07 Å². The maximum Gasteiger partial charge on any atom is 0.222 e. The third-order valence-corrected chi connectivity index (χ3v) is 4.86. The zero-order chi connectivity index (χ0) is 14.0. The molecule has 6 rings (SSSR count). The lowest BCUT2D eigenvalue weighted by Gasteiger charge is -2.40. The molecule has 5 nitrogen and oxygen atoms in total. The Hall–Kier alpha value is -2.43. The maximum atomic E-state index is 5.63. The van der Waals surface area contributed by atoms with E-state index in [-0.39, 0.29) is 0 Å². The molecule has 0 spiro atoms. The first-order valence-electron chi connectivity index (χ1n) is 7.43. The van der Waals surface area contributed by atoms with Crippen LogP contribution < -0.4 is 10.6 Å². The van der Waals surface area contributed by atoms with E-state index in [1.807, 2.05) is 0 Å². The Morgan fingerprint density at radius 3 is 2.86 bits per heavy atom. The number of aromatic nitrogens is 2. The van der Waals surface area contributed by atoms with Crippen molar-refractivity contribution < 1.29 is 4.52 Å². The number of nitrogens with one attached hydrogen (secondary N) is 1. The summed E-state index contributed by atoms with van der Waals surface area (Å²) in [6.07, 6.45) is 2.53. The van der Waals surface area contributed by atoms with Crippen molar-refractivity contribution in [2.24, 2.45) is 0 Å². The van der Waals surface area contributed by atoms with Crippen LogP contribution in [0.1, 0.15) is 24.3 Å². The van der Waals surface area contributed by atoms with Gasteiger partial charge in [0, 0.05) is 41.2 Å². The highest BCUT2D eigenvalue weighted by molar-refractivity contribution is 5.93. The van der Waals surface area contributed by atoms with E-state index in [0.29, 0.717) is 11.8 Å². The van der Waals surface area contributed by atoms with Crippen molar-refractivity contribution >= 4 is 22.6 Å². The summed E-state index contributed by atoms with van der Waals surface area (Å²) in [7, 11) is 0. The van der Waals surface area contributed by atoms with Crippen LogP contribution >= 0.6 is 0 Å². The summed E-state index contributed by atoms with van der Waals surface area (Å²) >= 11 is 0. The molecule has 3 aliphatic rings. The Kier molecular flexibility index (Phi) is 2.04. The van der Waals surface area contributed by atoms with Gasteiger partial charge in [-0.3, -0.25) is 0 Å². The fourth-order valence-electron chi connectivity index (χ4n) is 3.84. The molecule has 0 saturated carbocycles. The van der Waals surface area contributed by atoms with Crippen molar-refractivity contribution in [3.8, 4) is 11.3 Å². The van der Waals surface area contributed by atoms with E-state index in [0.717, 1.165) is 11.3 Å².